The number of anilines is 1. The van der Waals surface area contributed by atoms with Crippen LogP contribution in [0.25, 0.3) is 6.08 Å². The van der Waals surface area contributed by atoms with E-state index in [0.29, 0.717) is 11.4 Å². The number of carbonyl (C=O) groups is 1. The van der Waals surface area contributed by atoms with Crippen LogP contribution in [0.1, 0.15) is 5.56 Å². The van der Waals surface area contributed by atoms with Crippen LogP contribution < -0.4 is 10.1 Å². The van der Waals surface area contributed by atoms with E-state index >= 15 is 0 Å². The van der Waals surface area contributed by atoms with Gasteiger partial charge < -0.3 is 10.1 Å². The lowest BCUT2D eigenvalue weighted by atomic mass is 10.2. The molecular formula is C12H9N3O2. The number of aromatic nitrogens is 2. The van der Waals surface area contributed by atoms with Crippen molar-refractivity contribution in [1.29, 1.82) is 0 Å². The first kappa shape index (κ1) is 9.65. The van der Waals surface area contributed by atoms with E-state index in [1.165, 1.54) is 0 Å². The molecule has 0 aliphatic carbocycles. The lowest BCUT2D eigenvalue weighted by Crippen LogP contribution is -2.23. The molecule has 1 aliphatic heterocycles. The Morgan fingerprint density at radius 3 is 3.00 bits per heavy atom. The highest BCUT2D eigenvalue weighted by atomic mass is 16.5. The Morgan fingerprint density at radius 2 is 2.18 bits per heavy atom. The third-order valence-electron chi connectivity index (χ3n) is 2.40. The van der Waals surface area contributed by atoms with Gasteiger partial charge in [0.2, 0.25) is 0 Å². The maximum Gasteiger partial charge on any atom is 0.291 e. The van der Waals surface area contributed by atoms with Crippen molar-refractivity contribution < 1.29 is 9.53 Å². The van der Waals surface area contributed by atoms with E-state index in [9.17, 15) is 4.79 Å². The molecule has 5 heteroatoms. The topological polar surface area (TPSA) is 67.0 Å². The fourth-order valence-corrected chi connectivity index (χ4v) is 1.59. The number of hydrogen-bond donors (Lipinski definition) is 2. The van der Waals surface area contributed by atoms with Crippen LogP contribution in [0.2, 0.25) is 0 Å². The molecular weight excluding hydrogens is 218 g/mol. The summed E-state index contributed by atoms with van der Waals surface area (Å²) >= 11 is 0. The summed E-state index contributed by atoms with van der Waals surface area (Å²) in [6.45, 7) is 0. The number of hydrogen-bond acceptors (Lipinski definition) is 3. The Labute approximate surface area is 97.1 Å². The van der Waals surface area contributed by atoms with Crippen molar-refractivity contribution in [3.63, 3.8) is 0 Å². The highest BCUT2D eigenvalue weighted by Crippen LogP contribution is 2.30. The fraction of sp³-hybridized carbons (Fsp3) is 0. The molecule has 1 amide bonds. The molecule has 0 radical (unpaired) electrons. The number of carbonyl (C=O) groups excluding carboxylic acids is 1. The second kappa shape index (κ2) is 3.79. The molecule has 84 valence electrons. The fourth-order valence-electron chi connectivity index (χ4n) is 1.59. The molecule has 5 nitrogen and oxygen atoms in total. The van der Waals surface area contributed by atoms with E-state index in [4.69, 9.17) is 4.74 Å². The van der Waals surface area contributed by atoms with Crippen LogP contribution in [-0.4, -0.2) is 16.1 Å². The van der Waals surface area contributed by atoms with Crippen molar-refractivity contribution >= 4 is 17.7 Å². The van der Waals surface area contributed by atoms with Crippen LogP contribution in [0, 0.1) is 0 Å². The molecule has 0 saturated heterocycles. The number of fused-ring (bicyclic) bond motifs is 1. The molecule has 1 aromatic heterocycles. The zero-order chi connectivity index (χ0) is 11.7. The number of para-hydroxylation sites is 2. The van der Waals surface area contributed by atoms with Crippen LogP contribution in [0.5, 0.6) is 5.75 Å². The number of aromatic amines is 1. The van der Waals surface area contributed by atoms with Crippen LogP contribution in [0.3, 0.4) is 0 Å². The van der Waals surface area contributed by atoms with Crippen LogP contribution in [0.15, 0.2) is 42.4 Å². The highest BCUT2D eigenvalue weighted by molar-refractivity contribution is 6.08. The van der Waals surface area contributed by atoms with Gasteiger partial charge in [-0.2, -0.15) is 5.10 Å². The molecule has 1 aromatic carbocycles. The Hall–Kier alpha value is -2.56. The van der Waals surface area contributed by atoms with Gasteiger partial charge in [-0.05, 0) is 18.2 Å². The van der Waals surface area contributed by atoms with Crippen molar-refractivity contribution in [2.75, 3.05) is 5.32 Å². The monoisotopic (exact) mass is 227 g/mol. The summed E-state index contributed by atoms with van der Waals surface area (Å²) in [7, 11) is 0. The second-order valence-corrected chi connectivity index (χ2v) is 3.59. The van der Waals surface area contributed by atoms with E-state index in [2.05, 4.69) is 15.5 Å². The third kappa shape index (κ3) is 1.78. The van der Waals surface area contributed by atoms with Gasteiger partial charge in [0.05, 0.1) is 11.9 Å². The van der Waals surface area contributed by atoms with Crippen LogP contribution >= 0.6 is 0 Å². The molecule has 0 spiro atoms. The van der Waals surface area contributed by atoms with E-state index in [0.717, 1.165) is 5.56 Å². The van der Waals surface area contributed by atoms with E-state index in [-0.39, 0.29) is 11.7 Å². The number of nitrogens with zero attached hydrogens (tertiary/aromatic N) is 1. The van der Waals surface area contributed by atoms with Gasteiger partial charge in [-0.3, -0.25) is 9.89 Å². The minimum absolute atomic E-state index is 0.255. The Morgan fingerprint density at radius 1 is 1.29 bits per heavy atom. The van der Waals surface area contributed by atoms with Gasteiger partial charge in [-0.1, -0.05) is 12.1 Å². The molecule has 1 aliphatic rings. The Bertz CT molecular complexity index is 588. The lowest BCUT2D eigenvalue weighted by molar-refractivity contribution is -0.115. The number of benzene rings is 1. The molecule has 2 heterocycles. The molecule has 0 bridgehead atoms. The zero-order valence-electron chi connectivity index (χ0n) is 8.81. The number of nitrogens with one attached hydrogen (secondary N) is 2. The number of amides is 1. The zero-order valence-corrected chi connectivity index (χ0v) is 8.81. The average Bonchev–Trinajstić information content (AvgIpc) is 2.83. The van der Waals surface area contributed by atoms with Crippen molar-refractivity contribution in [3.8, 4) is 5.75 Å². The van der Waals surface area contributed by atoms with E-state index in [1.54, 1.807) is 30.6 Å². The van der Waals surface area contributed by atoms with Crippen molar-refractivity contribution in [3.05, 3.63) is 48.0 Å². The van der Waals surface area contributed by atoms with E-state index in [1.807, 2.05) is 12.1 Å². The van der Waals surface area contributed by atoms with Crippen molar-refractivity contribution in [1.82, 2.24) is 10.2 Å². The summed E-state index contributed by atoms with van der Waals surface area (Å²) < 4.78 is 5.52. The first-order valence-electron chi connectivity index (χ1n) is 5.11. The number of H-pyrrole nitrogens is 1. The quantitative estimate of drug-likeness (QED) is 0.730. The third-order valence-corrected chi connectivity index (χ3v) is 2.40. The molecule has 0 unspecified atom stereocenters. The summed E-state index contributed by atoms with van der Waals surface area (Å²) in [5, 5.41) is 9.23. The molecule has 0 atom stereocenters. The molecule has 2 aromatic rings. The van der Waals surface area contributed by atoms with E-state index < -0.39 is 0 Å². The smallest absolute Gasteiger partial charge is 0.291 e. The maximum atomic E-state index is 11.7. The average molecular weight is 227 g/mol. The van der Waals surface area contributed by atoms with Gasteiger partial charge >= 0.3 is 0 Å². The van der Waals surface area contributed by atoms with Crippen LogP contribution in [0.4, 0.5) is 5.69 Å². The summed E-state index contributed by atoms with van der Waals surface area (Å²) in [6, 6.07) is 7.29. The van der Waals surface area contributed by atoms with Crippen molar-refractivity contribution in [2.45, 2.75) is 0 Å². The van der Waals surface area contributed by atoms with Gasteiger partial charge in [-0.15, -0.1) is 0 Å². The van der Waals surface area contributed by atoms with Gasteiger partial charge in [0.1, 0.15) is 0 Å². The molecule has 0 fully saturated rings. The normalized spacial score (nSPS) is 16.2. The maximum absolute atomic E-state index is 11.7. The van der Waals surface area contributed by atoms with Gasteiger partial charge in [-0.25, -0.2) is 0 Å². The SMILES string of the molecule is O=C1Nc2ccccc2O/C1=C/c1cn[nH]c1. The summed E-state index contributed by atoms with van der Waals surface area (Å²) in [4.78, 5) is 11.7. The Kier molecular flexibility index (Phi) is 2.15. The van der Waals surface area contributed by atoms with Crippen LogP contribution in [-0.2, 0) is 4.79 Å². The first-order valence-corrected chi connectivity index (χ1v) is 5.11. The molecule has 0 saturated carbocycles. The largest absolute Gasteiger partial charge is 0.449 e. The summed E-state index contributed by atoms with van der Waals surface area (Å²) in [6.07, 6.45) is 4.93. The minimum Gasteiger partial charge on any atom is -0.449 e. The highest BCUT2D eigenvalue weighted by Gasteiger charge is 2.21. The van der Waals surface area contributed by atoms with Gasteiger partial charge in [0.25, 0.3) is 5.91 Å². The lowest BCUT2D eigenvalue weighted by Gasteiger charge is -2.19. The van der Waals surface area contributed by atoms with Gasteiger partial charge in [0, 0.05) is 11.8 Å². The summed E-state index contributed by atoms with van der Waals surface area (Å²) in [5.74, 6) is 0.636. The summed E-state index contributed by atoms with van der Waals surface area (Å²) in [5.41, 5.74) is 1.47. The predicted octanol–water partition coefficient (Wildman–Crippen LogP) is 1.78. The Balaban J connectivity index is 1.97. The molecule has 3 rings (SSSR count). The second-order valence-electron chi connectivity index (χ2n) is 3.59. The molecule has 2 N–H and O–H groups in total. The minimum atomic E-state index is -0.259. The molecule has 17 heavy (non-hydrogen) atoms. The standard InChI is InChI=1S/C12H9N3O2/c16-12-11(5-8-6-13-14-7-8)17-10-4-2-1-3-9(10)15-12/h1-7H,(H,13,14)(H,15,16)/b11-5+. The first-order chi connectivity index (χ1) is 8.33. The number of ether oxygens (including phenoxy) is 1. The predicted molar refractivity (Wildman–Crippen MR) is 62.3 cm³/mol. The number of rotatable bonds is 1. The van der Waals surface area contributed by atoms with Crippen molar-refractivity contribution in [2.24, 2.45) is 0 Å². The van der Waals surface area contributed by atoms with Gasteiger partial charge in [0.15, 0.2) is 11.5 Å².